The predicted octanol–water partition coefficient (Wildman–Crippen LogP) is 5.17. The van der Waals surface area contributed by atoms with Gasteiger partial charge in [0, 0.05) is 36.5 Å². The van der Waals surface area contributed by atoms with Gasteiger partial charge in [-0.3, -0.25) is 9.88 Å². The van der Waals surface area contributed by atoms with Gasteiger partial charge in [0.05, 0.1) is 0 Å². The van der Waals surface area contributed by atoms with Crippen LogP contribution in [0.3, 0.4) is 0 Å². The summed E-state index contributed by atoms with van der Waals surface area (Å²) in [4.78, 5) is 18.9. The number of nitrogens with one attached hydrogen (secondary N) is 1. The molecule has 26 heavy (non-hydrogen) atoms. The average molecular weight is 486 g/mol. The van der Waals surface area contributed by atoms with Crippen LogP contribution in [0.4, 0.5) is 10.5 Å². The number of hydrogen-bond donors (Lipinski definition) is 1. The molecule has 0 saturated heterocycles. The van der Waals surface area contributed by atoms with Crippen LogP contribution < -0.4 is 5.32 Å². The summed E-state index contributed by atoms with van der Waals surface area (Å²) in [5.41, 5.74) is 0.774. The van der Waals surface area contributed by atoms with Gasteiger partial charge >= 0.3 is 41.0 Å². The Morgan fingerprint density at radius 2 is 1.65 bits per heavy atom. The normalized spacial score (nSPS) is 12.2. The summed E-state index contributed by atoms with van der Waals surface area (Å²) in [7, 11) is 9.63. The Morgan fingerprint density at radius 3 is 2.08 bits per heavy atom. The Labute approximate surface area is 171 Å². The minimum atomic E-state index is -0.212. The zero-order valence-corrected chi connectivity index (χ0v) is 17.4. The number of rotatable bonds is 2. The van der Waals surface area contributed by atoms with Crippen LogP contribution in [-0.2, 0) is 15.9 Å². The van der Waals surface area contributed by atoms with Crippen molar-refractivity contribution < 1.29 is 20.7 Å². The van der Waals surface area contributed by atoms with Crippen molar-refractivity contribution in [2.24, 2.45) is 0 Å². The molecule has 142 valence electrons. The van der Waals surface area contributed by atoms with Crippen LogP contribution in [0.25, 0.3) is 0 Å². The first-order chi connectivity index (χ1) is 12.6. The van der Waals surface area contributed by atoms with Crippen LogP contribution in [0, 0.1) is 6.67 Å². The molecule has 3 rings (SSSR count). The largest absolute Gasteiger partial charge is 0.265 e. The van der Waals surface area contributed by atoms with E-state index in [0.29, 0.717) is 6.04 Å². The molecule has 8 heteroatoms. The molecule has 0 aliphatic carbocycles. The second-order valence-electron chi connectivity index (χ2n) is 5.14. The van der Waals surface area contributed by atoms with Crippen molar-refractivity contribution in [3.8, 4) is 0 Å². The molecule has 1 aromatic heterocycles. The van der Waals surface area contributed by atoms with E-state index in [2.05, 4.69) is 17.0 Å². The van der Waals surface area contributed by atoms with E-state index in [1.807, 2.05) is 73.5 Å². The molecule has 0 spiro atoms. The Balaban J connectivity index is 0.000000310. The zero-order valence-electron chi connectivity index (χ0n) is 14.3. The summed E-state index contributed by atoms with van der Waals surface area (Å²) in [6.07, 6.45) is 7.02. The summed E-state index contributed by atoms with van der Waals surface area (Å²) >= 11 is -0.106. The fourth-order valence-electron chi connectivity index (χ4n) is 1.75. The van der Waals surface area contributed by atoms with E-state index < -0.39 is 0 Å². The van der Waals surface area contributed by atoms with Crippen LogP contribution in [0.5, 0.6) is 0 Å². The minimum absolute atomic E-state index is 0.106. The third kappa shape index (κ3) is 9.21. The molecular weight excluding hydrogens is 466 g/mol. The molecule has 2 heterocycles. The predicted molar refractivity (Wildman–Crippen MR) is 103 cm³/mol. The minimum Gasteiger partial charge on any atom is -0.265 e. The molecular formula is C18H20Cl2N4OPd. The maximum atomic E-state index is 11.9. The quantitative estimate of drug-likeness (QED) is 0.597. The number of benzene rings is 1. The van der Waals surface area contributed by atoms with E-state index in [-0.39, 0.29) is 22.0 Å². The van der Waals surface area contributed by atoms with Crippen molar-refractivity contribution in [1.82, 2.24) is 14.8 Å². The number of pyridine rings is 1. The number of urea groups is 1. The second kappa shape index (κ2) is 13.6. The number of amides is 2. The molecule has 0 atom stereocenters. The van der Waals surface area contributed by atoms with Gasteiger partial charge in [-0.05, 0) is 38.1 Å². The van der Waals surface area contributed by atoms with Gasteiger partial charge in [-0.1, -0.05) is 24.3 Å². The van der Waals surface area contributed by atoms with Gasteiger partial charge in [-0.15, -0.1) is 0 Å². The number of hydrogen-bond acceptors (Lipinski definition) is 3. The van der Waals surface area contributed by atoms with Crippen LogP contribution in [-0.4, -0.2) is 26.9 Å². The fraction of sp³-hybridized carbons (Fsp3) is 0.167. The van der Waals surface area contributed by atoms with Crippen molar-refractivity contribution in [1.29, 1.82) is 0 Å². The topological polar surface area (TPSA) is 48.5 Å². The number of nitrogens with zero attached hydrogens (tertiary/aromatic N) is 3. The van der Waals surface area contributed by atoms with Gasteiger partial charge < -0.3 is 10.2 Å². The number of carbonyl (C=O) groups excluding carboxylic acids is 1. The third-order valence-electron chi connectivity index (χ3n) is 2.97. The summed E-state index contributed by atoms with van der Waals surface area (Å²) in [5.74, 6) is 0. The van der Waals surface area contributed by atoms with Crippen molar-refractivity contribution in [3.05, 3.63) is 80.0 Å². The molecule has 2 aromatic rings. The molecule has 1 N–H and O–H groups in total. The molecule has 1 aliphatic heterocycles. The smallest absolute Gasteiger partial charge is 0.0267 e. The van der Waals surface area contributed by atoms with E-state index in [9.17, 15) is 4.79 Å². The van der Waals surface area contributed by atoms with Crippen molar-refractivity contribution in [2.45, 2.75) is 19.9 Å². The van der Waals surface area contributed by atoms with Crippen molar-refractivity contribution >= 4 is 30.8 Å². The number of carbonyl (C=O) groups is 1. The molecule has 0 saturated carbocycles. The number of para-hydroxylation sites is 1. The van der Waals surface area contributed by atoms with E-state index in [1.165, 1.54) is 4.90 Å². The van der Waals surface area contributed by atoms with E-state index in [4.69, 9.17) is 19.1 Å². The zero-order chi connectivity index (χ0) is 19.2. The number of aromatic nitrogens is 1. The Kier molecular flexibility index (Phi) is 11.8. The summed E-state index contributed by atoms with van der Waals surface area (Å²) in [6, 6.07) is 15.1. The maximum absolute atomic E-state index is 11.9. The standard InChI is InChI=1S/C13H15N3O.C5H5N.2ClH.Pd/c1-11(2)15-8-9-16(10-15)13(17)14-12-6-4-3-5-7-12;1-2-4-6-5-3-1;;;/h3-9,11H,1-2H3,(H,14,17);1-5H;2*1H;/q;;;;+2/p-2. The van der Waals surface area contributed by atoms with Gasteiger partial charge in [0.25, 0.3) is 0 Å². The third-order valence-corrected chi connectivity index (χ3v) is 2.97. The monoisotopic (exact) mass is 484 g/mol. The molecule has 0 bridgehead atoms. The van der Waals surface area contributed by atoms with Crippen LogP contribution in [0.2, 0.25) is 0 Å². The molecule has 0 fully saturated rings. The van der Waals surface area contributed by atoms with Crippen LogP contribution >= 0.6 is 19.1 Å². The van der Waals surface area contributed by atoms with Gasteiger partial charge in [0.1, 0.15) is 0 Å². The molecule has 2 radical (unpaired) electrons. The summed E-state index contributed by atoms with van der Waals surface area (Å²) < 4.78 is 0. The average Bonchev–Trinajstić information content (AvgIpc) is 3.16. The van der Waals surface area contributed by atoms with Gasteiger partial charge in [0.2, 0.25) is 6.67 Å². The first-order valence-electron chi connectivity index (χ1n) is 7.64. The summed E-state index contributed by atoms with van der Waals surface area (Å²) in [5, 5.41) is 2.79. The number of anilines is 1. The van der Waals surface area contributed by atoms with Gasteiger partial charge in [-0.25, -0.2) is 4.79 Å². The molecule has 0 unspecified atom stereocenters. The van der Waals surface area contributed by atoms with Crippen LogP contribution in [0.1, 0.15) is 13.8 Å². The first-order valence-corrected chi connectivity index (χ1v) is 11.6. The second-order valence-corrected chi connectivity index (χ2v) is 7.50. The summed E-state index contributed by atoms with van der Waals surface area (Å²) in [6.45, 7) is 7.03. The molecule has 1 aliphatic rings. The van der Waals surface area contributed by atoms with E-state index in [0.717, 1.165) is 5.69 Å². The first kappa shape index (κ1) is 22.5. The fourth-order valence-corrected chi connectivity index (χ4v) is 1.75. The SMILES string of the molecule is CC(C)N1[C]N(C(=O)Nc2ccccc2)C=C1.[Cl][Pd][Cl].c1ccncc1. The van der Waals surface area contributed by atoms with Gasteiger partial charge in [-0.2, -0.15) is 0 Å². The van der Waals surface area contributed by atoms with E-state index in [1.54, 1.807) is 18.6 Å². The van der Waals surface area contributed by atoms with Crippen LogP contribution in [0.15, 0.2) is 73.3 Å². The van der Waals surface area contributed by atoms with Crippen molar-refractivity contribution in [2.75, 3.05) is 5.32 Å². The van der Waals surface area contributed by atoms with Crippen molar-refractivity contribution in [3.63, 3.8) is 0 Å². The Morgan fingerprint density at radius 1 is 1.08 bits per heavy atom. The van der Waals surface area contributed by atoms with Gasteiger partial charge in [0.15, 0.2) is 0 Å². The molecule has 5 nitrogen and oxygen atoms in total. The van der Waals surface area contributed by atoms with E-state index >= 15 is 0 Å². The molecule has 1 aromatic carbocycles. The number of halogens is 2. The maximum Gasteiger partial charge on any atom is 0.0267 e. The Hall–Kier alpha value is -1.58. The molecule has 2 amide bonds. The Bertz CT molecular complexity index is 617.